The fourth-order valence-corrected chi connectivity index (χ4v) is 5.54. The SMILES string of the molecule is CCOc1cc2c(cc1CN1CCN(S(=O)(=O)c3ccccc3F)CC1)OC(C)C2. The molecule has 0 aliphatic carbocycles. The van der Waals surface area contributed by atoms with Crippen LogP contribution < -0.4 is 9.47 Å². The van der Waals surface area contributed by atoms with Gasteiger partial charge in [0.2, 0.25) is 10.0 Å². The number of benzene rings is 2. The second kappa shape index (κ2) is 8.53. The van der Waals surface area contributed by atoms with Crippen LogP contribution in [0.5, 0.6) is 11.5 Å². The van der Waals surface area contributed by atoms with E-state index in [1.54, 1.807) is 0 Å². The van der Waals surface area contributed by atoms with Crippen LogP contribution in [-0.4, -0.2) is 56.5 Å². The Morgan fingerprint density at radius 2 is 1.90 bits per heavy atom. The lowest BCUT2D eigenvalue weighted by Crippen LogP contribution is -2.48. The number of hydrogen-bond donors (Lipinski definition) is 0. The van der Waals surface area contributed by atoms with Crippen molar-refractivity contribution in [3.05, 3.63) is 53.3 Å². The molecule has 6 nitrogen and oxygen atoms in total. The summed E-state index contributed by atoms with van der Waals surface area (Å²) in [6.45, 7) is 7.00. The molecule has 0 aromatic heterocycles. The lowest BCUT2D eigenvalue weighted by atomic mass is 10.1. The van der Waals surface area contributed by atoms with Crippen molar-refractivity contribution in [3.63, 3.8) is 0 Å². The lowest BCUT2D eigenvalue weighted by Gasteiger charge is -2.34. The van der Waals surface area contributed by atoms with Gasteiger partial charge in [-0.15, -0.1) is 0 Å². The maximum Gasteiger partial charge on any atom is 0.246 e. The van der Waals surface area contributed by atoms with Crippen molar-refractivity contribution < 1.29 is 22.3 Å². The van der Waals surface area contributed by atoms with Gasteiger partial charge in [0.05, 0.1) is 6.61 Å². The highest BCUT2D eigenvalue weighted by atomic mass is 32.2. The summed E-state index contributed by atoms with van der Waals surface area (Å²) in [7, 11) is -3.83. The van der Waals surface area contributed by atoms with E-state index in [0.29, 0.717) is 39.3 Å². The topological polar surface area (TPSA) is 59.1 Å². The Labute approximate surface area is 177 Å². The van der Waals surface area contributed by atoms with Crippen molar-refractivity contribution in [3.8, 4) is 11.5 Å². The number of hydrogen-bond acceptors (Lipinski definition) is 5. The van der Waals surface area contributed by atoms with E-state index in [1.165, 1.54) is 28.6 Å². The summed E-state index contributed by atoms with van der Waals surface area (Å²) >= 11 is 0. The van der Waals surface area contributed by atoms with Gasteiger partial charge in [0, 0.05) is 50.3 Å². The van der Waals surface area contributed by atoms with E-state index in [-0.39, 0.29) is 11.0 Å². The van der Waals surface area contributed by atoms with Gasteiger partial charge in [0.25, 0.3) is 0 Å². The summed E-state index contributed by atoms with van der Waals surface area (Å²) in [6, 6.07) is 9.64. The van der Waals surface area contributed by atoms with E-state index >= 15 is 0 Å². The van der Waals surface area contributed by atoms with Gasteiger partial charge in [-0.3, -0.25) is 4.90 Å². The molecular formula is C22H27FN2O4S. The molecule has 1 saturated heterocycles. The van der Waals surface area contributed by atoms with Gasteiger partial charge in [-0.1, -0.05) is 12.1 Å². The fourth-order valence-electron chi connectivity index (χ4n) is 4.06. The Hall–Kier alpha value is -2.16. The van der Waals surface area contributed by atoms with Crippen LogP contribution in [0.15, 0.2) is 41.3 Å². The molecule has 1 unspecified atom stereocenters. The Morgan fingerprint density at radius 1 is 1.17 bits per heavy atom. The molecule has 0 N–H and O–H groups in total. The van der Waals surface area contributed by atoms with Crippen molar-refractivity contribution in [2.45, 2.75) is 37.8 Å². The van der Waals surface area contributed by atoms with Crippen LogP contribution in [0, 0.1) is 5.82 Å². The molecule has 2 aromatic carbocycles. The summed E-state index contributed by atoms with van der Waals surface area (Å²) in [5.74, 6) is 1.05. The minimum absolute atomic E-state index is 0.164. The van der Waals surface area contributed by atoms with E-state index in [2.05, 4.69) is 17.9 Å². The standard InChI is InChI=1S/C22H27FN2O4S/c1-3-28-20-13-17-12-16(2)29-21(17)14-18(20)15-24-8-10-25(11-9-24)30(26,27)22-7-5-4-6-19(22)23/h4-7,13-14,16H,3,8-12,15H2,1-2H3. The molecule has 2 aliphatic heterocycles. The van der Waals surface area contributed by atoms with Crippen molar-refractivity contribution >= 4 is 10.0 Å². The number of fused-ring (bicyclic) bond motifs is 1. The minimum Gasteiger partial charge on any atom is -0.494 e. The molecular weight excluding hydrogens is 407 g/mol. The van der Waals surface area contributed by atoms with Gasteiger partial charge < -0.3 is 9.47 Å². The molecule has 2 aromatic rings. The fraction of sp³-hybridized carbons (Fsp3) is 0.455. The summed E-state index contributed by atoms with van der Waals surface area (Å²) < 4.78 is 52.7. The van der Waals surface area contributed by atoms with Gasteiger partial charge >= 0.3 is 0 Å². The van der Waals surface area contributed by atoms with Gasteiger partial charge in [-0.2, -0.15) is 4.31 Å². The Morgan fingerprint density at radius 3 is 2.60 bits per heavy atom. The summed E-state index contributed by atoms with van der Waals surface area (Å²) in [5, 5.41) is 0. The summed E-state index contributed by atoms with van der Waals surface area (Å²) in [5.41, 5.74) is 2.20. The third-order valence-electron chi connectivity index (χ3n) is 5.56. The number of nitrogens with zero attached hydrogens (tertiary/aromatic N) is 2. The van der Waals surface area contributed by atoms with Crippen LogP contribution in [0.1, 0.15) is 25.0 Å². The molecule has 8 heteroatoms. The molecule has 2 aliphatic rings. The first-order valence-corrected chi connectivity index (χ1v) is 11.7. The number of sulfonamides is 1. The number of ether oxygens (including phenoxy) is 2. The van der Waals surface area contributed by atoms with Crippen LogP contribution in [0.2, 0.25) is 0 Å². The van der Waals surface area contributed by atoms with E-state index in [0.717, 1.165) is 29.0 Å². The first kappa shape index (κ1) is 21.1. The van der Waals surface area contributed by atoms with Crippen LogP contribution in [0.3, 0.4) is 0 Å². The molecule has 0 saturated carbocycles. The third kappa shape index (κ3) is 4.17. The van der Waals surface area contributed by atoms with E-state index in [4.69, 9.17) is 9.47 Å². The average molecular weight is 435 g/mol. The second-order valence-electron chi connectivity index (χ2n) is 7.74. The van der Waals surface area contributed by atoms with E-state index in [1.807, 2.05) is 13.0 Å². The maximum atomic E-state index is 14.0. The van der Waals surface area contributed by atoms with E-state index < -0.39 is 15.8 Å². The molecule has 2 heterocycles. The third-order valence-corrected chi connectivity index (χ3v) is 7.49. The van der Waals surface area contributed by atoms with Gasteiger partial charge in [0.15, 0.2) is 0 Å². The quantitative estimate of drug-likeness (QED) is 0.700. The lowest BCUT2D eigenvalue weighted by molar-refractivity contribution is 0.179. The molecule has 162 valence electrons. The predicted octanol–water partition coefficient (Wildman–Crippen LogP) is 3.05. The largest absolute Gasteiger partial charge is 0.494 e. The van der Waals surface area contributed by atoms with Gasteiger partial charge in [-0.25, -0.2) is 12.8 Å². The first-order chi connectivity index (χ1) is 14.4. The van der Waals surface area contributed by atoms with Crippen LogP contribution >= 0.6 is 0 Å². The van der Waals surface area contributed by atoms with Crippen LogP contribution in [0.4, 0.5) is 4.39 Å². The monoisotopic (exact) mass is 434 g/mol. The zero-order valence-corrected chi connectivity index (χ0v) is 18.1. The second-order valence-corrected chi connectivity index (χ2v) is 9.65. The summed E-state index contributed by atoms with van der Waals surface area (Å²) in [4.78, 5) is 1.93. The Balaban J connectivity index is 1.45. The molecule has 30 heavy (non-hydrogen) atoms. The van der Waals surface area contributed by atoms with Crippen LogP contribution in [-0.2, 0) is 23.0 Å². The van der Waals surface area contributed by atoms with Crippen LogP contribution in [0.25, 0.3) is 0 Å². The molecule has 0 radical (unpaired) electrons. The molecule has 1 atom stereocenters. The molecule has 0 spiro atoms. The first-order valence-electron chi connectivity index (χ1n) is 10.3. The van der Waals surface area contributed by atoms with Gasteiger partial charge in [-0.05, 0) is 38.1 Å². The van der Waals surface area contributed by atoms with Crippen molar-refractivity contribution in [1.82, 2.24) is 9.21 Å². The average Bonchev–Trinajstić information content (AvgIpc) is 3.08. The normalized spacial score (nSPS) is 20.0. The molecule has 4 rings (SSSR count). The van der Waals surface area contributed by atoms with Crippen molar-refractivity contribution in [2.75, 3.05) is 32.8 Å². The van der Waals surface area contributed by atoms with Crippen molar-refractivity contribution in [2.24, 2.45) is 0 Å². The highest BCUT2D eigenvalue weighted by molar-refractivity contribution is 7.89. The zero-order valence-electron chi connectivity index (χ0n) is 17.3. The predicted molar refractivity (Wildman–Crippen MR) is 112 cm³/mol. The number of piperazine rings is 1. The molecule has 0 bridgehead atoms. The van der Waals surface area contributed by atoms with Gasteiger partial charge in [0.1, 0.15) is 28.3 Å². The minimum atomic E-state index is -3.83. The Bertz CT molecular complexity index is 1020. The summed E-state index contributed by atoms with van der Waals surface area (Å²) in [6.07, 6.45) is 1.04. The molecule has 1 fully saturated rings. The van der Waals surface area contributed by atoms with Crippen molar-refractivity contribution in [1.29, 1.82) is 0 Å². The van der Waals surface area contributed by atoms with E-state index in [9.17, 15) is 12.8 Å². The number of rotatable bonds is 6. The highest BCUT2D eigenvalue weighted by Gasteiger charge is 2.31. The smallest absolute Gasteiger partial charge is 0.246 e. The number of halogens is 1. The zero-order chi connectivity index (χ0) is 21.3. The Kier molecular flexibility index (Phi) is 5.99. The maximum absolute atomic E-state index is 14.0. The molecule has 0 amide bonds. The highest BCUT2D eigenvalue weighted by Crippen LogP contribution is 2.36.